The third kappa shape index (κ3) is 4.15. The normalized spacial score (nSPS) is 15.5. The number of aromatic amines is 1. The van der Waals surface area contributed by atoms with Crippen LogP contribution in [0.1, 0.15) is 36.7 Å². The molecule has 1 aliphatic heterocycles. The van der Waals surface area contributed by atoms with Gasteiger partial charge in [-0.2, -0.15) is 0 Å². The number of allylic oxidation sites excluding steroid dienone is 1. The van der Waals surface area contributed by atoms with Crippen LogP contribution in [-0.4, -0.2) is 36.3 Å². The Morgan fingerprint density at radius 3 is 2.62 bits per heavy atom. The molecule has 5 rings (SSSR count). The van der Waals surface area contributed by atoms with Crippen LogP contribution < -0.4 is 24.4 Å². The van der Waals surface area contributed by atoms with Crippen LogP contribution in [0.25, 0.3) is 17.0 Å². The highest BCUT2D eigenvalue weighted by molar-refractivity contribution is 7.07. The number of hydrogen-bond acceptors (Lipinski definition) is 7. The molecule has 2 aromatic heterocycles. The number of aromatic nitrogens is 2. The molecule has 2 aromatic carbocycles. The maximum atomic E-state index is 13.9. The number of carbonyl (C=O) groups excluding carboxylic acids is 1. The molecule has 1 N–H and O–H groups in total. The third-order valence-corrected chi connectivity index (χ3v) is 7.44. The Hall–Kier alpha value is -4.11. The summed E-state index contributed by atoms with van der Waals surface area (Å²) in [6, 6.07) is 12.6. The standard InChI is InChI=1S/C28H27N3O5S/c1-6-36-27(33)24-16(3)30-28-31(25(24)17-11-12-21(34-4)22(13-17)35-5)26(32)23(37-28)14-19-15(2)29-20-10-8-7-9-18(19)20/h7-14,25,29H,6H2,1-5H3/b23-14-/t25-/m1/s1. The highest BCUT2D eigenvalue weighted by Gasteiger charge is 2.34. The largest absolute Gasteiger partial charge is 0.493 e. The molecule has 3 heterocycles. The summed E-state index contributed by atoms with van der Waals surface area (Å²) in [5, 5.41) is 1.03. The first kappa shape index (κ1) is 24.6. The van der Waals surface area contributed by atoms with E-state index in [0.717, 1.165) is 22.2 Å². The van der Waals surface area contributed by atoms with Gasteiger partial charge in [-0.1, -0.05) is 35.6 Å². The van der Waals surface area contributed by atoms with Crippen LogP contribution in [0.2, 0.25) is 0 Å². The fraction of sp³-hybridized carbons (Fsp3) is 0.250. The van der Waals surface area contributed by atoms with Crippen molar-refractivity contribution in [1.82, 2.24) is 9.55 Å². The Kier molecular flexibility index (Phi) is 6.47. The fourth-order valence-corrected chi connectivity index (χ4v) is 5.77. The molecule has 0 unspecified atom stereocenters. The summed E-state index contributed by atoms with van der Waals surface area (Å²) in [6.07, 6.45) is 1.90. The van der Waals surface area contributed by atoms with Gasteiger partial charge in [-0.15, -0.1) is 0 Å². The Labute approximate surface area is 217 Å². The van der Waals surface area contributed by atoms with Crippen molar-refractivity contribution >= 4 is 34.3 Å². The second-order valence-corrected chi connectivity index (χ2v) is 9.64. The van der Waals surface area contributed by atoms with E-state index in [1.54, 1.807) is 44.8 Å². The van der Waals surface area contributed by atoms with Crippen LogP contribution in [-0.2, 0) is 9.53 Å². The Morgan fingerprint density at radius 1 is 1.14 bits per heavy atom. The predicted molar refractivity (Wildman–Crippen MR) is 143 cm³/mol. The first-order chi connectivity index (χ1) is 17.9. The van der Waals surface area contributed by atoms with Crippen LogP contribution in [0.5, 0.6) is 11.5 Å². The van der Waals surface area contributed by atoms with E-state index in [1.165, 1.54) is 11.3 Å². The lowest BCUT2D eigenvalue weighted by molar-refractivity contribution is -0.139. The van der Waals surface area contributed by atoms with E-state index in [0.29, 0.717) is 37.7 Å². The second-order valence-electron chi connectivity index (χ2n) is 8.63. The van der Waals surface area contributed by atoms with Crippen LogP contribution in [0.4, 0.5) is 0 Å². The topological polar surface area (TPSA) is 94.9 Å². The van der Waals surface area contributed by atoms with Gasteiger partial charge in [-0.05, 0) is 50.6 Å². The van der Waals surface area contributed by atoms with Crippen LogP contribution in [0, 0.1) is 6.92 Å². The summed E-state index contributed by atoms with van der Waals surface area (Å²) in [4.78, 5) is 35.6. The summed E-state index contributed by atoms with van der Waals surface area (Å²) in [5.41, 5.74) is 4.19. The predicted octanol–water partition coefficient (Wildman–Crippen LogP) is 3.61. The number of methoxy groups -OCH3 is 2. The number of nitrogens with zero attached hydrogens (tertiary/aromatic N) is 2. The summed E-state index contributed by atoms with van der Waals surface area (Å²) < 4.78 is 18.4. The lowest BCUT2D eigenvalue weighted by Gasteiger charge is -2.25. The van der Waals surface area contributed by atoms with Crippen molar-refractivity contribution in [3.63, 3.8) is 0 Å². The van der Waals surface area contributed by atoms with Crippen molar-refractivity contribution in [1.29, 1.82) is 0 Å². The smallest absolute Gasteiger partial charge is 0.338 e. The molecule has 8 nitrogen and oxygen atoms in total. The van der Waals surface area contributed by atoms with E-state index in [9.17, 15) is 9.59 Å². The lowest BCUT2D eigenvalue weighted by Crippen LogP contribution is -2.40. The zero-order valence-corrected chi connectivity index (χ0v) is 22.1. The molecular formula is C28H27N3O5S. The Balaban J connectivity index is 1.77. The van der Waals surface area contributed by atoms with Crippen molar-refractivity contribution in [2.75, 3.05) is 20.8 Å². The molecule has 1 atom stereocenters. The lowest BCUT2D eigenvalue weighted by atomic mass is 9.95. The van der Waals surface area contributed by atoms with Gasteiger partial charge < -0.3 is 19.2 Å². The van der Waals surface area contributed by atoms with E-state index in [2.05, 4.69) is 9.98 Å². The van der Waals surface area contributed by atoms with Crippen LogP contribution in [0.3, 0.4) is 0 Å². The van der Waals surface area contributed by atoms with Crippen molar-refractivity contribution in [3.05, 3.63) is 90.2 Å². The third-order valence-electron chi connectivity index (χ3n) is 6.46. The first-order valence-electron chi connectivity index (χ1n) is 11.9. The summed E-state index contributed by atoms with van der Waals surface area (Å²) in [5.74, 6) is 0.534. The van der Waals surface area contributed by atoms with Crippen molar-refractivity contribution in [3.8, 4) is 11.5 Å². The number of hydrogen-bond donors (Lipinski definition) is 1. The van der Waals surface area contributed by atoms with Crippen LogP contribution >= 0.6 is 11.3 Å². The van der Waals surface area contributed by atoms with Crippen molar-refractivity contribution in [2.45, 2.75) is 26.8 Å². The highest BCUT2D eigenvalue weighted by Crippen LogP contribution is 2.36. The van der Waals surface area contributed by atoms with Gasteiger partial charge in [-0.3, -0.25) is 9.36 Å². The number of para-hydroxylation sites is 1. The molecular weight excluding hydrogens is 490 g/mol. The number of H-pyrrole nitrogens is 1. The molecule has 37 heavy (non-hydrogen) atoms. The molecule has 190 valence electrons. The van der Waals surface area contributed by atoms with E-state index >= 15 is 0 Å². The molecule has 0 saturated heterocycles. The van der Waals surface area contributed by atoms with Gasteiger partial charge in [0.15, 0.2) is 16.3 Å². The number of carbonyl (C=O) groups is 1. The fourth-order valence-electron chi connectivity index (χ4n) is 4.75. The summed E-state index contributed by atoms with van der Waals surface area (Å²) >= 11 is 1.30. The van der Waals surface area contributed by atoms with Gasteiger partial charge >= 0.3 is 5.97 Å². The molecule has 4 aromatic rings. The minimum Gasteiger partial charge on any atom is -0.493 e. The number of benzene rings is 2. The molecule has 0 amide bonds. The van der Waals surface area contributed by atoms with E-state index < -0.39 is 12.0 Å². The molecule has 1 aliphatic rings. The SMILES string of the molecule is CCOC(=O)C1=C(C)N=c2s/c(=C\c3c(C)[nH]c4ccccc34)c(=O)n2[C@@H]1c1ccc(OC)c(OC)c1. The zero-order chi connectivity index (χ0) is 26.3. The molecule has 0 saturated carbocycles. The first-order valence-corrected chi connectivity index (χ1v) is 12.7. The average Bonchev–Trinajstić information content (AvgIpc) is 3.38. The van der Waals surface area contributed by atoms with Crippen LogP contribution in [0.15, 0.2) is 63.5 Å². The quantitative estimate of drug-likeness (QED) is 0.395. The highest BCUT2D eigenvalue weighted by atomic mass is 32.1. The van der Waals surface area contributed by atoms with Gasteiger partial charge in [0.1, 0.15) is 0 Å². The van der Waals surface area contributed by atoms with Gasteiger partial charge in [0, 0.05) is 22.2 Å². The minimum atomic E-state index is -0.735. The summed E-state index contributed by atoms with van der Waals surface area (Å²) in [6.45, 7) is 5.70. The minimum absolute atomic E-state index is 0.207. The Bertz CT molecular complexity index is 1740. The van der Waals surface area contributed by atoms with Gasteiger partial charge in [0.2, 0.25) is 0 Å². The molecule has 0 radical (unpaired) electrons. The zero-order valence-electron chi connectivity index (χ0n) is 21.2. The molecule has 9 heteroatoms. The van der Waals surface area contributed by atoms with E-state index in [1.807, 2.05) is 43.3 Å². The number of esters is 1. The van der Waals surface area contributed by atoms with E-state index in [4.69, 9.17) is 14.2 Å². The number of nitrogens with one attached hydrogen (secondary N) is 1. The van der Waals surface area contributed by atoms with Gasteiger partial charge in [0.25, 0.3) is 5.56 Å². The number of ether oxygens (including phenoxy) is 3. The number of fused-ring (bicyclic) bond motifs is 2. The van der Waals surface area contributed by atoms with Crippen molar-refractivity contribution in [2.24, 2.45) is 4.99 Å². The molecule has 0 aliphatic carbocycles. The van der Waals surface area contributed by atoms with Gasteiger partial charge in [-0.25, -0.2) is 9.79 Å². The Morgan fingerprint density at radius 2 is 1.89 bits per heavy atom. The number of rotatable bonds is 6. The monoisotopic (exact) mass is 517 g/mol. The second kappa shape index (κ2) is 9.74. The maximum absolute atomic E-state index is 13.9. The molecule has 0 fully saturated rings. The van der Waals surface area contributed by atoms with Crippen molar-refractivity contribution < 1.29 is 19.0 Å². The number of aryl methyl sites for hydroxylation is 1. The molecule has 0 spiro atoms. The maximum Gasteiger partial charge on any atom is 0.338 e. The summed E-state index contributed by atoms with van der Waals surface area (Å²) in [7, 11) is 3.10. The van der Waals surface area contributed by atoms with E-state index in [-0.39, 0.29) is 12.2 Å². The van der Waals surface area contributed by atoms with Gasteiger partial charge in [0.05, 0.1) is 42.7 Å². The number of thiazole rings is 1. The average molecular weight is 518 g/mol. The molecule has 0 bridgehead atoms.